The molecule has 34 heavy (non-hydrogen) atoms. The van der Waals surface area contributed by atoms with E-state index in [0.29, 0.717) is 41.7 Å². The SMILES string of the molecule is CCNc1ncc2c(n1)N1CCCC1CN(c1cccc(-c3nn(CC(N)=O)c(=O)o3)c1)C2=O. The van der Waals surface area contributed by atoms with Gasteiger partial charge in [-0.25, -0.2) is 9.78 Å². The molecule has 0 radical (unpaired) electrons. The summed E-state index contributed by atoms with van der Waals surface area (Å²) in [6, 6.07) is 7.14. The molecule has 0 bridgehead atoms. The second-order valence-corrected chi connectivity index (χ2v) is 8.21. The lowest BCUT2D eigenvalue weighted by molar-refractivity contribution is -0.118. The maximum Gasteiger partial charge on any atom is 0.437 e. The van der Waals surface area contributed by atoms with Gasteiger partial charge in [0.2, 0.25) is 17.7 Å². The van der Waals surface area contributed by atoms with Gasteiger partial charge in [0.1, 0.15) is 17.9 Å². The summed E-state index contributed by atoms with van der Waals surface area (Å²) >= 11 is 0. The van der Waals surface area contributed by atoms with Crippen LogP contribution in [-0.4, -0.2) is 57.2 Å². The fourth-order valence-electron chi connectivity index (χ4n) is 4.43. The van der Waals surface area contributed by atoms with E-state index in [1.54, 1.807) is 29.3 Å². The molecule has 1 atom stereocenters. The van der Waals surface area contributed by atoms with Crippen LogP contribution in [-0.2, 0) is 11.3 Å². The van der Waals surface area contributed by atoms with Crippen LogP contribution in [0.4, 0.5) is 17.5 Å². The Bertz CT molecular complexity index is 1320. The van der Waals surface area contributed by atoms with Gasteiger partial charge in [-0.15, -0.1) is 5.10 Å². The molecule has 0 spiro atoms. The summed E-state index contributed by atoms with van der Waals surface area (Å²) in [5.74, 6) is -0.508. The largest absolute Gasteiger partial charge is 0.437 e. The summed E-state index contributed by atoms with van der Waals surface area (Å²) in [4.78, 5) is 49.6. The molecular formula is C22H24N8O4. The topological polar surface area (TPSA) is 152 Å². The monoisotopic (exact) mass is 464 g/mol. The van der Waals surface area contributed by atoms with Crippen LogP contribution in [0.15, 0.2) is 39.7 Å². The minimum atomic E-state index is -0.783. The molecule has 3 aromatic rings. The van der Waals surface area contributed by atoms with E-state index in [9.17, 15) is 14.4 Å². The zero-order valence-corrected chi connectivity index (χ0v) is 18.6. The number of carbonyl (C=O) groups is 2. The molecule has 2 aromatic heterocycles. The number of anilines is 3. The van der Waals surface area contributed by atoms with Gasteiger partial charge in [0, 0.05) is 43.1 Å². The second-order valence-electron chi connectivity index (χ2n) is 8.21. The Kier molecular flexibility index (Phi) is 5.48. The normalized spacial score (nSPS) is 17.3. The third kappa shape index (κ3) is 3.87. The molecule has 1 aromatic carbocycles. The first-order valence-corrected chi connectivity index (χ1v) is 11.1. The molecule has 2 aliphatic heterocycles. The third-order valence-corrected chi connectivity index (χ3v) is 5.94. The van der Waals surface area contributed by atoms with Crippen molar-refractivity contribution in [1.29, 1.82) is 0 Å². The maximum absolute atomic E-state index is 13.6. The summed E-state index contributed by atoms with van der Waals surface area (Å²) in [6.07, 6.45) is 3.52. The Labute approximate surface area is 194 Å². The average molecular weight is 464 g/mol. The third-order valence-electron chi connectivity index (χ3n) is 5.94. The Morgan fingerprint density at radius 3 is 2.97 bits per heavy atom. The van der Waals surface area contributed by atoms with E-state index in [1.807, 2.05) is 13.0 Å². The van der Waals surface area contributed by atoms with Crippen molar-refractivity contribution in [3.8, 4) is 11.5 Å². The summed E-state index contributed by atoms with van der Waals surface area (Å²) < 4.78 is 6.08. The Morgan fingerprint density at radius 1 is 1.32 bits per heavy atom. The molecule has 0 saturated carbocycles. The molecule has 2 aliphatic rings. The maximum atomic E-state index is 13.6. The van der Waals surface area contributed by atoms with Crippen LogP contribution < -0.4 is 26.6 Å². The lowest BCUT2D eigenvalue weighted by Crippen LogP contribution is -2.39. The van der Waals surface area contributed by atoms with Gasteiger partial charge in [0.25, 0.3) is 5.91 Å². The molecular weight excluding hydrogens is 440 g/mol. The fourth-order valence-corrected chi connectivity index (χ4v) is 4.43. The van der Waals surface area contributed by atoms with E-state index in [-0.39, 0.29) is 24.4 Å². The number of nitrogens with zero attached hydrogens (tertiary/aromatic N) is 6. The van der Waals surface area contributed by atoms with Crippen molar-refractivity contribution < 1.29 is 14.0 Å². The Balaban J connectivity index is 1.52. The number of benzene rings is 1. The number of nitrogens with two attached hydrogens (primary N) is 1. The quantitative estimate of drug-likeness (QED) is 0.540. The van der Waals surface area contributed by atoms with Crippen LogP contribution in [0.5, 0.6) is 0 Å². The van der Waals surface area contributed by atoms with Gasteiger partial charge in [-0.05, 0) is 38.0 Å². The molecule has 1 unspecified atom stereocenters. The van der Waals surface area contributed by atoms with Gasteiger partial charge in [-0.2, -0.15) is 9.67 Å². The van der Waals surface area contributed by atoms with E-state index >= 15 is 0 Å². The number of primary amides is 1. The molecule has 1 fully saturated rings. The highest BCUT2D eigenvalue weighted by molar-refractivity contribution is 6.10. The number of hydrogen-bond donors (Lipinski definition) is 2. The van der Waals surface area contributed by atoms with Crippen LogP contribution in [0.3, 0.4) is 0 Å². The van der Waals surface area contributed by atoms with Crippen molar-refractivity contribution in [2.45, 2.75) is 32.4 Å². The number of nitrogens with one attached hydrogen (secondary N) is 1. The van der Waals surface area contributed by atoms with Gasteiger partial charge in [-0.3, -0.25) is 9.59 Å². The number of rotatable bonds is 6. The van der Waals surface area contributed by atoms with Crippen LogP contribution in [0, 0.1) is 0 Å². The standard InChI is InChI=1S/C22H24N8O4/c1-2-24-21-25-10-16-18(26-21)28-8-4-7-15(28)11-29(20(16)32)14-6-3-5-13(9-14)19-27-30(12-17(23)31)22(33)34-19/h3,5-6,9-10,15H,2,4,7-8,11-12H2,1H3,(H2,23,31)(H,24,25,26). The molecule has 2 amide bonds. The van der Waals surface area contributed by atoms with E-state index in [2.05, 4.69) is 25.3 Å². The van der Waals surface area contributed by atoms with Gasteiger partial charge in [0.15, 0.2) is 0 Å². The van der Waals surface area contributed by atoms with E-state index in [0.717, 1.165) is 24.1 Å². The number of amides is 2. The van der Waals surface area contributed by atoms with Crippen LogP contribution in [0.25, 0.3) is 11.5 Å². The molecule has 3 N–H and O–H groups in total. The molecule has 12 nitrogen and oxygen atoms in total. The van der Waals surface area contributed by atoms with Gasteiger partial charge < -0.3 is 25.3 Å². The van der Waals surface area contributed by atoms with Gasteiger partial charge in [0.05, 0.1) is 0 Å². The lowest BCUT2D eigenvalue weighted by atomic mass is 10.1. The summed E-state index contributed by atoms with van der Waals surface area (Å²) in [6.45, 7) is 3.57. The van der Waals surface area contributed by atoms with Crippen LogP contribution in [0.1, 0.15) is 30.1 Å². The number of fused-ring (bicyclic) bond motifs is 3. The van der Waals surface area contributed by atoms with E-state index in [1.165, 1.54) is 0 Å². The smallest absolute Gasteiger partial charge is 0.388 e. The molecule has 1 saturated heterocycles. The van der Waals surface area contributed by atoms with Crippen LogP contribution in [0.2, 0.25) is 0 Å². The van der Waals surface area contributed by atoms with Crippen molar-refractivity contribution in [3.63, 3.8) is 0 Å². The number of carbonyl (C=O) groups excluding carboxylic acids is 2. The highest BCUT2D eigenvalue weighted by Crippen LogP contribution is 2.34. The summed E-state index contributed by atoms with van der Waals surface area (Å²) in [5.41, 5.74) is 6.72. The summed E-state index contributed by atoms with van der Waals surface area (Å²) in [5, 5.41) is 7.17. The van der Waals surface area contributed by atoms with Crippen molar-refractivity contribution in [1.82, 2.24) is 19.7 Å². The Hall–Kier alpha value is -4.22. The lowest BCUT2D eigenvalue weighted by Gasteiger charge is -2.27. The minimum Gasteiger partial charge on any atom is -0.388 e. The minimum absolute atomic E-state index is 0.0388. The molecule has 176 valence electrons. The van der Waals surface area contributed by atoms with Crippen molar-refractivity contribution >= 4 is 29.3 Å². The predicted molar refractivity (Wildman–Crippen MR) is 124 cm³/mol. The van der Waals surface area contributed by atoms with Gasteiger partial charge >= 0.3 is 5.76 Å². The highest BCUT2D eigenvalue weighted by Gasteiger charge is 2.37. The van der Waals surface area contributed by atoms with E-state index in [4.69, 9.17) is 10.2 Å². The van der Waals surface area contributed by atoms with Crippen LogP contribution >= 0.6 is 0 Å². The van der Waals surface area contributed by atoms with Crippen molar-refractivity contribution in [3.05, 3.63) is 46.6 Å². The van der Waals surface area contributed by atoms with Gasteiger partial charge in [-0.1, -0.05) is 6.07 Å². The fraction of sp³-hybridized carbons (Fsp3) is 0.364. The molecule has 12 heteroatoms. The molecule has 4 heterocycles. The first kappa shape index (κ1) is 21.6. The zero-order chi connectivity index (χ0) is 23.8. The Morgan fingerprint density at radius 2 is 2.18 bits per heavy atom. The van der Waals surface area contributed by atoms with Crippen molar-refractivity contribution in [2.24, 2.45) is 5.73 Å². The molecule has 0 aliphatic carbocycles. The zero-order valence-electron chi connectivity index (χ0n) is 18.6. The predicted octanol–water partition coefficient (Wildman–Crippen LogP) is 0.840. The van der Waals surface area contributed by atoms with Crippen molar-refractivity contribution in [2.75, 3.05) is 34.8 Å². The van der Waals surface area contributed by atoms with E-state index < -0.39 is 11.7 Å². The second kappa shape index (κ2) is 8.61. The highest BCUT2D eigenvalue weighted by atomic mass is 16.4. The number of aromatic nitrogens is 4. The summed E-state index contributed by atoms with van der Waals surface area (Å²) in [7, 11) is 0. The first-order chi connectivity index (χ1) is 16.4. The molecule has 5 rings (SSSR count). The number of hydrogen-bond acceptors (Lipinski definition) is 9. The first-order valence-electron chi connectivity index (χ1n) is 11.1. The average Bonchev–Trinajstić information content (AvgIpc) is 3.41.